The molecule has 3 heterocycles. The summed E-state index contributed by atoms with van der Waals surface area (Å²) in [5.41, 5.74) is 3.55. The van der Waals surface area contributed by atoms with Gasteiger partial charge in [0, 0.05) is 22.5 Å². The highest BCUT2D eigenvalue weighted by atomic mass is 35.5. The standard InChI is InChI=1S/C27H25ClN4O4S2/c1-16-7-8-17(14-19(16)28)22-11-12-24(36-22)26-25(20-6-4-5-13-29-20)30-27(37)32(26)18-9-10-23(35-2)21(15-18)31-38(3,33)34/h4-15,25-26,31H,1-3H3,(H,30,37). The number of methoxy groups -OCH3 is 1. The lowest BCUT2D eigenvalue weighted by molar-refractivity contribution is 0.416. The molecule has 1 saturated heterocycles. The molecule has 2 N–H and O–H groups in total. The molecule has 4 aromatic rings. The van der Waals surface area contributed by atoms with Crippen LogP contribution in [0.1, 0.15) is 29.1 Å². The van der Waals surface area contributed by atoms with Crippen molar-refractivity contribution in [3.05, 3.63) is 95.0 Å². The summed E-state index contributed by atoms with van der Waals surface area (Å²) in [5, 5.41) is 4.47. The van der Waals surface area contributed by atoms with Crippen molar-refractivity contribution >= 4 is 50.3 Å². The molecule has 2 aromatic carbocycles. The van der Waals surface area contributed by atoms with Gasteiger partial charge in [0.05, 0.1) is 30.8 Å². The van der Waals surface area contributed by atoms with E-state index < -0.39 is 16.1 Å². The van der Waals surface area contributed by atoms with Gasteiger partial charge in [-0.3, -0.25) is 9.71 Å². The first-order valence-electron chi connectivity index (χ1n) is 11.7. The second kappa shape index (κ2) is 10.3. The maximum atomic E-state index is 12.0. The number of ether oxygens (including phenoxy) is 1. The van der Waals surface area contributed by atoms with Gasteiger partial charge < -0.3 is 19.4 Å². The third-order valence-electron chi connectivity index (χ3n) is 6.23. The van der Waals surface area contributed by atoms with Crippen molar-refractivity contribution in [2.75, 3.05) is 23.0 Å². The number of nitrogens with zero attached hydrogens (tertiary/aromatic N) is 2. The summed E-state index contributed by atoms with van der Waals surface area (Å²) in [4.78, 5) is 6.45. The lowest BCUT2D eigenvalue weighted by Crippen LogP contribution is -2.29. The molecule has 11 heteroatoms. The van der Waals surface area contributed by atoms with Crippen molar-refractivity contribution < 1.29 is 17.6 Å². The first-order chi connectivity index (χ1) is 18.1. The van der Waals surface area contributed by atoms with Crippen molar-refractivity contribution in [1.82, 2.24) is 10.3 Å². The van der Waals surface area contributed by atoms with Gasteiger partial charge >= 0.3 is 0 Å². The number of aromatic nitrogens is 1. The fourth-order valence-electron chi connectivity index (χ4n) is 4.46. The van der Waals surface area contributed by atoms with Gasteiger partial charge in [-0.15, -0.1) is 0 Å². The van der Waals surface area contributed by atoms with Crippen LogP contribution in [0, 0.1) is 6.92 Å². The van der Waals surface area contributed by atoms with Gasteiger partial charge in [0.25, 0.3) is 0 Å². The predicted octanol–water partition coefficient (Wildman–Crippen LogP) is 5.86. The molecule has 0 amide bonds. The summed E-state index contributed by atoms with van der Waals surface area (Å²) in [6.45, 7) is 1.95. The number of nitrogens with one attached hydrogen (secondary N) is 2. The Hall–Kier alpha value is -3.60. The van der Waals surface area contributed by atoms with E-state index in [-0.39, 0.29) is 6.04 Å². The van der Waals surface area contributed by atoms with Crippen LogP contribution >= 0.6 is 23.8 Å². The molecule has 2 atom stereocenters. The van der Waals surface area contributed by atoms with E-state index in [0.29, 0.717) is 38.8 Å². The van der Waals surface area contributed by atoms with Gasteiger partial charge in [0.2, 0.25) is 10.0 Å². The van der Waals surface area contributed by atoms with E-state index >= 15 is 0 Å². The molecule has 2 aromatic heterocycles. The fraction of sp³-hybridized carbons (Fsp3) is 0.185. The van der Waals surface area contributed by atoms with Crippen LogP contribution in [0.4, 0.5) is 11.4 Å². The third-order valence-corrected chi connectivity index (χ3v) is 7.54. The predicted molar refractivity (Wildman–Crippen MR) is 153 cm³/mol. The van der Waals surface area contributed by atoms with Gasteiger partial charge in [-0.05, 0) is 73.2 Å². The molecule has 0 saturated carbocycles. The highest BCUT2D eigenvalue weighted by Crippen LogP contribution is 2.44. The molecule has 1 aliphatic rings. The summed E-state index contributed by atoms with van der Waals surface area (Å²) in [7, 11) is -2.07. The number of sulfonamides is 1. The van der Waals surface area contributed by atoms with Gasteiger partial charge in [0.15, 0.2) is 5.11 Å². The Kier molecular flexibility index (Phi) is 7.04. The summed E-state index contributed by atoms with van der Waals surface area (Å²) >= 11 is 12.1. The highest BCUT2D eigenvalue weighted by molar-refractivity contribution is 7.92. The molecule has 5 rings (SSSR count). The average molecular weight is 569 g/mol. The van der Waals surface area contributed by atoms with E-state index in [0.717, 1.165) is 23.1 Å². The Labute approximate surface area is 231 Å². The van der Waals surface area contributed by atoms with E-state index in [1.807, 2.05) is 66.4 Å². The number of aryl methyl sites for hydroxylation is 1. The number of hydrogen-bond acceptors (Lipinski definition) is 6. The Morgan fingerprint density at radius 1 is 1.13 bits per heavy atom. The summed E-state index contributed by atoms with van der Waals surface area (Å²) in [6, 6.07) is 19.7. The molecule has 0 aliphatic carbocycles. The molecule has 8 nitrogen and oxygen atoms in total. The van der Waals surface area contributed by atoms with Crippen molar-refractivity contribution in [3.63, 3.8) is 0 Å². The minimum absolute atomic E-state index is 0.296. The van der Waals surface area contributed by atoms with E-state index in [4.69, 9.17) is 33.0 Å². The monoisotopic (exact) mass is 568 g/mol. The molecule has 0 spiro atoms. The van der Waals surface area contributed by atoms with Crippen LogP contribution in [-0.4, -0.2) is 31.9 Å². The number of anilines is 2. The Morgan fingerprint density at radius 2 is 1.95 bits per heavy atom. The lowest BCUT2D eigenvalue weighted by Gasteiger charge is -2.27. The minimum Gasteiger partial charge on any atom is -0.495 e. The zero-order valence-corrected chi connectivity index (χ0v) is 23.2. The quantitative estimate of drug-likeness (QED) is 0.268. The number of benzene rings is 2. The minimum atomic E-state index is -3.55. The van der Waals surface area contributed by atoms with Crippen LogP contribution in [0.2, 0.25) is 5.02 Å². The molecule has 38 heavy (non-hydrogen) atoms. The fourth-order valence-corrected chi connectivity index (χ4v) is 5.55. The number of halogens is 1. The van der Waals surface area contributed by atoms with Gasteiger partial charge in [-0.1, -0.05) is 29.8 Å². The summed E-state index contributed by atoms with van der Waals surface area (Å²) < 4.78 is 38.3. The first-order valence-corrected chi connectivity index (χ1v) is 14.3. The second-order valence-corrected chi connectivity index (χ2v) is 11.5. The van der Waals surface area contributed by atoms with Crippen molar-refractivity contribution in [2.24, 2.45) is 0 Å². The zero-order valence-electron chi connectivity index (χ0n) is 20.8. The largest absolute Gasteiger partial charge is 0.495 e. The normalized spacial score (nSPS) is 17.4. The molecule has 1 aliphatic heterocycles. The molecule has 1 fully saturated rings. The van der Waals surface area contributed by atoms with Gasteiger partial charge in [-0.25, -0.2) is 8.42 Å². The van der Waals surface area contributed by atoms with Gasteiger partial charge in [0.1, 0.15) is 23.3 Å². The molecular weight excluding hydrogens is 544 g/mol. The molecular formula is C27H25ClN4O4S2. The first kappa shape index (κ1) is 26.0. The van der Waals surface area contributed by atoms with E-state index in [2.05, 4.69) is 15.0 Å². The van der Waals surface area contributed by atoms with E-state index in [9.17, 15) is 8.42 Å². The van der Waals surface area contributed by atoms with Crippen LogP contribution in [0.25, 0.3) is 11.3 Å². The van der Waals surface area contributed by atoms with E-state index in [1.165, 1.54) is 7.11 Å². The zero-order chi connectivity index (χ0) is 27.0. The van der Waals surface area contributed by atoms with E-state index in [1.54, 1.807) is 18.3 Å². The number of furan rings is 1. The van der Waals surface area contributed by atoms with Gasteiger partial charge in [-0.2, -0.15) is 0 Å². The van der Waals surface area contributed by atoms with Crippen molar-refractivity contribution in [2.45, 2.75) is 19.0 Å². The average Bonchev–Trinajstić information content (AvgIpc) is 3.50. The third kappa shape index (κ3) is 5.20. The lowest BCUT2D eigenvalue weighted by atomic mass is 10.0. The number of rotatable bonds is 7. The highest BCUT2D eigenvalue weighted by Gasteiger charge is 2.42. The van der Waals surface area contributed by atoms with Crippen molar-refractivity contribution in [1.29, 1.82) is 0 Å². The number of pyridine rings is 1. The number of thiocarbonyl (C=S) groups is 1. The summed E-state index contributed by atoms with van der Waals surface area (Å²) in [5.74, 6) is 1.69. The Balaban J connectivity index is 1.61. The second-order valence-electron chi connectivity index (χ2n) is 8.92. The topological polar surface area (TPSA) is 96.7 Å². The number of hydrogen-bond donors (Lipinski definition) is 2. The van der Waals surface area contributed by atoms with Crippen molar-refractivity contribution in [3.8, 4) is 17.1 Å². The maximum Gasteiger partial charge on any atom is 0.229 e. The smallest absolute Gasteiger partial charge is 0.229 e. The van der Waals surface area contributed by atoms with Crippen LogP contribution in [0.15, 0.2) is 77.3 Å². The molecule has 196 valence electrons. The Bertz CT molecular complexity index is 1610. The Morgan fingerprint density at radius 3 is 2.63 bits per heavy atom. The summed E-state index contributed by atoms with van der Waals surface area (Å²) in [6.07, 6.45) is 2.81. The maximum absolute atomic E-state index is 12.0. The van der Waals surface area contributed by atoms with Crippen LogP contribution in [-0.2, 0) is 10.0 Å². The van der Waals surface area contributed by atoms with Crippen LogP contribution in [0.3, 0.4) is 0 Å². The SMILES string of the molecule is COc1ccc(N2C(=S)NC(c3ccccn3)C2c2ccc(-c3ccc(C)c(Cl)c3)o2)cc1NS(C)(=O)=O. The molecule has 0 bridgehead atoms. The molecule has 2 unspecified atom stereocenters. The molecule has 0 radical (unpaired) electrons. The van der Waals surface area contributed by atoms with Crippen LogP contribution < -0.4 is 19.7 Å². The van der Waals surface area contributed by atoms with Crippen LogP contribution in [0.5, 0.6) is 5.75 Å².